The normalized spacial score (nSPS) is 24.3. The van der Waals surface area contributed by atoms with Crippen LogP contribution in [0.2, 0.25) is 0 Å². The third kappa shape index (κ3) is 3.81. The highest BCUT2D eigenvalue weighted by molar-refractivity contribution is 6.05. The van der Waals surface area contributed by atoms with Gasteiger partial charge in [0, 0.05) is 43.9 Å². The summed E-state index contributed by atoms with van der Waals surface area (Å²) >= 11 is 0. The predicted octanol–water partition coefficient (Wildman–Crippen LogP) is 1.35. The van der Waals surface area contributed by atoms with E-state index in [0.29, 0.717) is 32.6 Å². The van der Waals surface area contributed by atoms with Crippen LogP contribution in [0.5, 0.6) is 0 Å². The van der Waals surface area contributed by atoms with Gasteiger partial charge in [0.05, 0.1) is 6.42 Å². The van der Waals surface area contributed by atoms with E-state index < -0.39 is 12.1 Å². The number of carbonyl (C=O) groups excluding carboxylic acids is 3. The van der Waals surface area contributed by atoms with Gasteiger partial charge in [0.1, 0.15) is 6.04 Å². The maximum Gasteiger partial charge on any atom is 0.324 e. The Morgan fingerprint density at radius 3 is 2.59 bits per heavy atom. The smallest absolute Gasteiger partial charge is 0.324 e. The number of urea groups is 1. The minimum Gasteiger partial charge on any atom is -0.342 e. The van der Waals surface area contributed by atoms with Gasteiger partial charge < -0.3 is 14.8 Å². The molecule has 2 fully saturated rings. The van der Waals surface area contributed by atoms with E-state index in [4.69, 9.17) is 0 Å². The number of benzene rings is 1. The number of nitrogens with one attached hydrogen (secondary N) is 1. The van der Waals surface area contributed by atoms with Gasteiger partial charge in [-0.05, 0) is 30.4 Å². The van der Waals surface area contributed by atoms with Gasteiger partial charge in [0.25, 0.3) is 11.5 Å². The topological polar surface area (TPSA) is 91.7 Å². The van der Waals surface area contributed by atoms with Gasteiger partial charge in [-0.1, -0.05) is 36.4 Å². The molecular formula is C24H26N4O4. The van der Waals surface area contributed by atoms with E-state index in [1.165, 1.54) is 4.90 Å². The van der Waals surface area contributed by atoms with Crippen molar-refractivity contribution < 1.29 is 14.4 Å². The number of hydrogen-bond acceptors (Lipinski definition) is 4. The Morgan fingerprint density at radius 2 is 1.78 bits per heavy atom. The molecule has 2 bridgehead atoms. The Balaban J connectivity index is 1.21. The SMILES string of the molecule is O=C(C[C@H]1NC(=O)N(CCc2ccccc2)C1=O)N1C[C@H]2C[C@@H](C1)c1cccc(=O)n1C2. The number of carbonyl (C=O) groups is 3. The first kappa shape index (κ1) is 20.5. The molecule has 1 N–H and O–H groups in total. The number of pyridine rings is 1. The van der Waals surface area contributed by atoms with E-state index in [0.717, 1.165) is 17.7 Å². The molecule has 8 heteroatoms. The van der Waals surface area contributed by atoms with E-state index in [-0.39, 0.29) is 35.6 Å². The number of imide groups is 1. The second-order valence-corrected chi connectivity index (χ2v) is 8.93. The summed E-state index contributed by atoms with van der Waals surface area (Å²) in [6.07, 6.45) is 1.50. The first-order valence-corrected chi connectivity index (χ1v) is 11.1. The van der Waals surface area contributed by atoms with E-state index in [9.17, 15) is 19.2 Å². The maximum atomic E-state index is 13.0. The van der Waals surface area contributed by atoms with E-state index in [1.54, 1.807) is 17.0 Å². The molecule has 0 saturated carbocycles. The zero-order chi connectivity index (χ0) is 22.2. The van der Waals surface area contributed by atoms with Crippen LogP contribution in [0.1, 0.15) is 30.0 Å². The van der Waals surface area contributed by atoms with Crippen LogP contribution in [-0.2, 0) is 22.6 Å². The van der Waals surface area contributed by atoms with Crippen LogP contribution in [0.25, 0.3) is 0 Å². The Morgan fingerprint density at radius 1 is 0.969 bits per heavy atom. The number of nitrogens with zero attached hydrogens (tertiary/aromatic N) is 3. The third-order valence-electron chi connectivity index (χ3n) is 6.79. The number of aromatic nitrogens is 1. The largest absolute Gasteiger partial charge is 0.342 e. The molecule has 4 amide bonds. The molecule has 32 heavy (non-hydrogen) atoms. The van der Waals surface area contributed by atoms with Gasteiger partial charge in [0.2, 0.25) is 5.91 Å². The second-order valence-electron chi connectivity index (χ2n) is 8.93. The quantitative estimate of drug-likeness (QED) is 0.719. The minimum atomic E-state index is -0.817. The van der Waals surface area contributed by atoms with Crippen molar-refractivity contribution in [2.45, 2.75) is 37.8 Å². The van der Waals surface area contributed by atoms with Crippen LogP contribution in [0, 0.1) is 5.92 Å². The van der Waals surface area contributed by atoms with Crippen LogP contribution in [0.4, 0.5) is 4.79 Å². The van der Waals surface area contributed by atoms with E-state index in [2.05, 4.69) is 5.32 Å². The zero-order valence-corrected chi connectivity index (χ0v) is 17.8. The highest BCUT2D eigenvalue weighted by Crippen LogP contribution is 2.35. The Bertz CT molecular complexity index is 1110. The van der Waals surface area contributed by atoms with E-state index in [1.807, 2.05) is 41.0 Å². The van der Waals surface area contributed by atoms with Crippen molar-refractivity contribution in [2.75, 3.05) is 19.6 Å². The van der Waals surface area contributed by atoms with Gasteiger partial charge >= 0.3 is 6.03 Å². The fourth-order valence-corrected chi connectivity index (χ4v) is 5.22. The number of hydrogen-bond donors (Lipinski definition) is 1. The van der Waals surface area contributed by atoms with Crippen LogP contribution in [0.3, 0.4) is 0 Å². The Hall–Kier alpha value is -3.42. The summed E-state index contributed by atoms with van der Waals surface area (Å²) < 4.78 is 1.83. The number of amides is 4. The molecule has 4 heterocycles. The fraction of sp³-hybridized carbons (Fsp3) is 0.417. The summed E-state index contributed by atoms with van der Waals surface area (Å²) in [4.78, 5) is 53.4. The van der Waals surface area contributed by atoms with Crippen LogP contribution >= 0.6 is 0 Å². The monoisotopic (exact) mass is 434 g/mol. The van der Waals surface area contributed by atoms with Crippen molar-refractivity contribution in [2.24, 2.45) is 5.92 Å². The molecule has 0 spiro atoms. The highest BCUT2D eigenvalue weighted by atomic mass is 16.2. The Labute approximate surface area is 185 Å². The molecule has 166 valence electrons. The summed E-state index contributed by atoms with van der Waals surface area (Å²) in [6.45, 7) is 2.01. The molecule has 8 nitrogen and oxygen atoms in total. The fourth-order valence-electron chi connectivity index (χ4n) is 5.22. The van der Waals surface area contributed by atoms with Crippen molar-refractivity contribution >= 4 is 17.8 Å². The molecule has 0 aliphatic carbocycles. The average Bonchev–Trinajstić information content (AvgIpc) is 3.06. The van der Waals surface area contributed by atoms with Crippen molar-refractivity contribution in [3.05, 3.63) is 70.1 Å². The van der Waals surface area contributed by atoms with Gasteiger partial charge in [-0.25, -0.2) is 4.79 Å². The molecule has 3 aliphatic rings. The molecular weight excluding hydrogens is 408 g/mol. The number of rotatable bonds is 5. The lowest BCUT2D eigenvalue weighted by Crippen LogP contribution is -2.50. The summed E-state index contributed by atoms with van der Waals surface area (Å²) in [7, 11) is 0. The van der Waals surface area contributed by atoms with Crippen LogP contribution in [-0.4, -0.2) is 57.9 Å². The lowest BCUT2D eigenvalue weighted by molar-refractivity contribution is -0.137. The number of fused-ring (bicyclic) bond motifs is 4. The lowest BCUT2D eigenvalue weighted by Gasteiger charge is -2.43. The first-order valence-electron chi connectivity index (χ1n) is 11.1. The predicted molar refractivity (Wildman–Crippen MR) is 117 cm³/mol. The van der Waals surface area contributed by atoms with Crippen LogP contribution in [0.15, 0.2) is 53.3 Å². The van der Waals surface area contributed by atoms with Gasteiger partial charge in [0.15, 0.2) is 0 Å². The molecule has 0 unspecified atom stereocenters. The molecule has 1 aromatic carbocycles. The molecule has 2 aromatic rings. The summed E-state index contributed by atoms with van der Waals surface area (Å²) in [5.74, 6) is -0.124. The first-order chi connectivity index (χ1) is 15.5. The Kier molecular flexibility index (Phi) is 5.28. The molecule has 3 atom stereocenters. The maximum absolute atomic E-state index is 13.0. The van der Waals surface area contributed by atoms with Gasteiger partial charge in [-0.15, -0.1) is 0 Å². The third-order valence-corrected chi connectivity index (χ3v) is 6.79. The number of likely N-dealkylation sites (tertiary alicyclic amines) is 1. The standard InChI is InChI=1S/C24H26N4O4/c29-21-8-4-7-20-18-11-17(14-28(20)21)13-26(15-18)22(30)12-19-23(31)27(24(32)25-19)10-9-16-5-2-1-3-6-16/h1-8,17-19H,9-15H2,(H,25,32)/t17-,18+,19-/m1/s1. The summed E-state index contributed by atoms with van der Waals surface area (Å²) in [6, 6.07) is 13.7. The highest BCUT2D eigenvalue weighted by Gasteiger charge is 2.41. The van der Waals surface area contributed by atoms with Gasteiger partial charge in [-0.2, -0.15) is 0 Å². The average molecular weight is 434 g/mol. The lowest BCUT2D eigenvalue weighted by atomic mass is 9.83. The second kappa shape index (κ2) is 8.26. The summed E-state index contributed by atoms with van der Waals surface area (Å²) in [5.41, 5.74) is 2.03. The molecule has 5 rings (SSSR count). The van der Waals surface area contributed by atoms with Crippen molar-refractivity contribution in [1.82, 2.24) is 19.7 Å². The van der Waals surface area contributed by atoms with Crippen molar-refractivity contribution in [3.63, 3.8) is 0 Å². The molecule has 3 aliphatic heterocycles. The molecule has 0 radical (unpaired) electrons. The zero-order valence-electron chi connectivity index (χ0n) is 17.8. The molecule has 1 aromatic heterocycles. The van der Waals surface area contributed by atoms with Crippen molar-refractivity contribution in [3.8, 4) is 0 Å². The van der Waals surface area contributed by atoms with Crippen molar-refractivity contribution in [1.29, 1.82) is 0 Å². The minimum absolute atomic E-state index is 0.00633. The van der Waals surface area contributed by atoms with Gasteiger partial charge in [-0.3, -0.25) is 19.3 Å². The summed E-state index contributed by atoms with van der Waals surface area (Å²) in [5, 5.41) is 2.68. The number of piperidine rings is 1. The van der Waals surface area contributed by atoms with Crippen LogP contribution < -0.4 is 10.9 Å². The van der Waals surface area contributed by atoms with E-state index >= 15 is 0 Å². The molecule has 2 saturated heterocycles.